The van der Waals surface area contributed by atoms with Gasteiger partial charge in [-0.2, -0.15) is 0 Å². The van der Waals surface area contributed by atoms with Gasteiger partial charge in [-0.25, -0.2) is 8.42 Å². The maximum Gasteiger partial charge on any atom is 0.248 e. The maximum atomic E-state index is 10.9. The van der Waals surface area contributed by atoms with Crippen LogP contribution in [0.15, 0.2) is 24.3 Å². The first kappa shape index (κ1) is 13.5. The standard InChI is InChI=1S/C11H16N2O3S/c1-17(15,16)7-3-6-13-10-5-2-4-9(8-10)11(12)14/h2,4-5,8,13H,3,6-7H2,1H3,(H2,12,14). The molecule has 0 saturated heterocycles. The molecule has 0 bridgehead atoms. The van der Waals surface area contributed by atoms with Crippen molar-refractivity contribution in [2.24, 2.45) is 5.73 Å². The lowest BCUT2D eigenvalue weighted by Gasteiger charge is -2.06. The van der Waals surface area contributed by atoms with Gasteiger partial charge in [0.1, 0.15) is 9.84 Å². The van der Waals surface area contributed by atoms with Gasteiger partial charge in [0.2, 0.25) is 5.91 Å². The Kier molecular flexibility index (Phi) is 4.51. The fraction of sp³-hybridized carbons (Fsp3) is 0.364. The highest BCUT2D eigenvalue weighted by Crippen LogP contribution is 2.10. The largest absolute Gasteiger partial charge is 0.385 e. The summed E-state index contributed by atoms with van der Waals surface area (Å²) in [5.74, 6) is -0.333. The fourth-order valence-corrected chi connectivity index (χ4v) is 2.02. The maximum absolute atomic E-state index is 10.9. The van der Waals surface area contributed by atoms with E-state index < -0.39 is 15.7 Å². The zero-order valence-corrected chi connectivity index (χ0v) is 10.5. The lowest BCUT2D eigenvalue weighted by Crippen LogP contribution is -2.12. The topological polar surface area (TPSA) is 89.3 Å². The van der Waals surface area contributed by atoms with Crippen LogP contribution in [0, 0.1) is 0 Å². The molecule has 94 valence electrons. The molecule has 1 amide bonds. The number of amides is 1. The van der Waals surface area contributed by atoms with Crippen LogP contribution in [-0.2, 0) is 9.84 Å². The van der Waals surface area contributed by atoms with Gasteiger partial charge in [0.05, 0.1) is 5.75 Å². The van der Waals surface area contributed by atoms with E-state index >= 15 is 0 Å². The molecule has 0 aromatic heterocycles. The first-order valence-electron chi connectivity index (χ1n) is 5.20. The molecule has 0 unspecified atom stereocenters. The molecule has 17 heavy (non-hydrogen) atoms. The molecule has 0 aliphatic heterocycles. The number of hydrogen-bond donors (Lipinski definition) is 2. The van der Waals surface area contributed by atoms with Gasteiger partial charge in [-0.3, -0.25) is 4.79 Å². The minimum absolute atomic E-state index is 0.148. The van der Waals surface area contributed by atoms with E-state index in [0.29, 0.717) is 18.5 Å². The number of nitrogens with one attached hydrogen (secondary N) is 1. The van der Waals surface area contributed by atoms with Crippen molar-refractivity contribution in [2.75, 3.05) is 23.9 Å². The number of carbonyl (C=O) groups excluding carboxylic acids is 1. The zero-order chi connectivity index (χ0) is 12.9. The second kappa shape index (κ2) is 5.67. The SMILES string of the molecule is CS(=O)(=O)CCCNc1cccc(C(N)=O)c1. The number of anilines is 1. The normalized spacial score (nSPS) is 11.1. The minimum Gasteiger partial charge on any atom is -0.385 e. The summed E-state index contributed by atoms with van der Waals surface area (Å²) in [5, 5.41) is 3.04. The van der Waals surface area contributed by atoms with Crippen LogP contribution in [-0.4, -0.2) is 32.9 Å². The molecule has 1 aromatic carbocycles. The second-order valence-corrected chi connectivity index (χ2v) is 6.12. The van der Waals surface area contributed by atoms with Gasteiger partial charge in [0.15, 0.2) is 0 Å². The van der Waals surface area contributed by atoms with Crippen molar-refractivity contribution in [1.82, 2.24) is 0 Å². The Hall–Kier alpha value is -1.56. The van der Waals surface area contributed by atoms with E-state index in [1.54, 1.807) is 24.3 Å². The zero-order valence-electron chi connectivity index (χ0n) is 9.64. The fourth-order valence-electron chi connectivity index (χ4n) is 1.35. The number of sulfone groups is 1. The smallest absolute Gasteiger partial charge is 0.248 e. The van der Waals surface area contributed by atoms with E-state index in [0.717, 1.165) is 5.69 Å². The Balaban J connectivity index is 2.47. The van der Waals surface area contributed by atoms with Crippen molar-refractivity contribution in [1.29, 1.82) is 0 Å². The summed E-state index contributed by atoms with van der Waals surface area (Å²) in [6, 6.07) is 6.79. The first-order chi connectivity index (χ1) is 7.88. The Labute approximate surface area is 101 Å². The molecule has 0 spiro atoms. The molecule has 0 saturated carbocycles. The average molecular weight is 256 g/mol. The first-order valence-corrected chi connectivity index (χ1v) is 7.26. The quantitative estimate of drug-likeness (QED) is 0.731. The Morgan fingerprint density at radius 1 is 1.41 bits per heavy atom. The van der Waals surface area contributed by atoms with Crippen molar-refractivity contribution >= 4 is 21.4 Å². The molecule has 6 heteroatoms. The summed E-state index contributed by atoms with van der Waals surface area (Å²) in [6.45, 7) is 0.537. The Morgan fingerprint density at radius 2 is 2.12 bits per heavy atom. The molecular formula is C11H16N2O3S. The minimum atomic E-state index is -2.91. The van der Waals surface area contributed by atoms with Gasteiger partial charge >= 0.3 is 0 Å². The Bertz CT molecular complexity index is 497. The van der Waals surface area contributed by atoms with Crippen molar-refractivity contribution in [2.45, 2.75) is 6.42 Å². The van der Waals surface area contributed by atoms with E-state index in [9.17, 15) is 13.2 Å². The van der Waals surface area contributed by atoms with Gasteiger partial charge in [-0.1, -0.05) is 6.07 Å². The predicted octanol–water partition coefficient (Wildman–Crippen LogP) is 0.632. The molecule has 0 aliphatic carbocycles. The highest BCUT2D eigenvalue weighted by Gasteiger charge is 2.02. The summed E-state index contributed by atoms with van der Waals surface area (Å²) >= 11 is 0. The number of nitrogens with two attached hydrogens (primary N) is 1. The van der Waals surface area contributed by atoms with Crippen LogP contribution < -0.4 is 11.1 Å². The molecular weight excluding hydrogens is 240 g/mol. The van der Waals surface area contributed by atoms with E-state index in [4.69, 9.17) is 5.73 Å². The Morgan fingerprint density at radius 3 is 2.71 bits per heavy atom. The van der Waals surface area contributed by atoms with Crippen LogP contribution in [0.1, 0.15) is 16.8 Å². The molecule has 3 N–H and O–H groups in total. The third-order valence-corrected chi connectivity index (χ3v) is 3.20. The van der Waals surface area contributed by atoms with Crippen LogP contribution in [0.4, 0.5) is 5.69 Å². The summed E-state index contributed by atoms with van der Waals surface area (Å²) in [4.78, 5) is 10.9. The average Bonchev–Trinajstić information content (AvgIpc) is 2.23. The molecule has 0 radical (unpaired) electrons. The van der Waals surface area contributed by atoms with Crippen LogP contribution in [0.3, 0.4) is 0 Å². The van der Waals surface area contributed by atoms with Crippen molar-refractivity contribution < 1.29 is 13.2 Å². The molecule has 0 atom stereocenters. The number of carbonyl (C=O) groups is 1. The number of hydrogen-bond acceptors (Lipinski definition) is 4. The number of primary amides is 1. The lowest BCUT2D eigenvalue weighted by atomic mass is 10.2. The van der Waals surface area contributed by atoms with Crippen LogP contribution in [0.2, 0.25) is 0 Å². The summed E-state index contributed by atoms with van der Waals surface area (Å²) in [7, 11) is -2.91. The third-order valence-electron chi connectivity index (χ3n) is 2.17. The molecule has 0 aliphatic rings. The van der Waals surface area contributed by atoms with Gasteiger partial charge in [-0.05, 0) is 24.6 Å². The third kappa shape index (κ3) is 5.35. The van der Waals surface area contributed by atoms with Gasteiger partial charge < -0.3 is 11.1 Å². The molecule has 0 heterocycles. The van der Waals surface area contributed by atoms with E-state index in [-0.39, 0.29) is 5.75 Å². The molecule has 1 rings (SSSR count). The molecule has 1 aromatic rings. The van der Waals surface area contributed by atoms with Crippen LogP contribution >= 0.6 is 0 Å². The van der Waals surface area contributed by atoms with Gasteiger partial charge in [0, 0.05) is 24.1 Å². The summed E-state index contributed by atoms with van der Waals surface area (Å²) in [6.07, 6.45) is 1.74. The highest BCUT2D eigenvalue weighted by atomic mass is 32.2. The van der Waals surface area contributed by atoms with E-state index in [1.807, 2.05) is 0 Å². The number of benzene rings is 1. The molecule has 0 fully saturated rings. The monoisotopic (exact) mass is 256 g/mol. The van der Waals surface area contributed by atoms with Crippen molar-refractivity contribution in [3.05, 3.63) is 29.8 Å². The summed E-state index contributed by atoms with van der Waals surface area (Å²) < 4.78 is 21.8. The lowest BCUT2D eigenvalue weighted by molar-refractivity contribution is 0.100. The van der Waals surface area contributed by atoms with Crippen LogP contribution in [0.25, 0.3) is 0 Å². The number of rotatable bonds is 6. The van der Waals surface area contributed by atoms with E-state index in [2.05, 4.69) is 5.32 Å². The van der Waals surface area contributed by atoms with Crippen molar-refractivity contribution in [3.63, 3.8) is 0 Å². The van der Waals surface area contributed by atoms with Gasteiger partial charge in [0.25, 0.3) is 0 Å². The molecule has 5 nitrogen and oxygen atoms in total. The second-order valence-electron chi connectivity index (χ2n) is 3.86. The van der Waals surface area contributed by atoms with Crippen molar-refractivity contribution in [3.8, 4) is 0 Å². The van der Waals surface area contributed by atoms with Gasteiger partial charge in [-0.15, -0.1) is 0 Å². The van der Waals surface area contributed by atoms with Crippen LogP contribution in [0.5, 0.6) is 0 Å². The highest BCUT2D eigenvalue weighted by molar-refractivity contribution is 7.90. The summed E-state index contributed by atoms with van der Waals surface area (Å²) in [5.41, 5.74) is 6.34. The van der Waals surface area contributed by atoms with E-state index in [1.165, 1.54) is 6.26 Å². The predicted molar refractivity (Wildman–Crippen MR) is 67.8 cm³/mol.